The van der Waals surface area contributed by atoms with Gasteiger partial charge in [0.1, 0.15) is 0 Å². The summed E-state index contributed by atoms with van der Waals surface area (Å²) in [6, 6.07) is 2.90. The first-order chi connectivity index (χ1) is 7.31. The van der Waals surface area contributed by atoms with E-state index in [2.05, 4.69) is 34.0 Å². The Balaban J connectivity index is 2.01. The van der Waals surface area contributed by atoms with Crippen molar-refractivity contribution >= 4 is 33.9 Å². The predicted octanol–water partition coefficient (Wildman–Crippen LogP) is 2.97. The fourth-order valence-corrected chi connectivity index (χ4v) is 4.19. The second-order valence-corrected chi connectivity index (χ2v) is 6.85. The number of aryl methyl sites for hydroxylation is 1. The third-order valence-corrected chi connectivity index (χ3v) is 4.75. The molecule has 2 nitrogen and oxygen atoms in total. The minimum Gasteiger partial charge on any atom is -0.383 e. The molecular weight excluding hydrogens is 321 g/mol. The Morgan fingerprint density at radius 1 is 1.67 bits per heavy atom. The highest BCUT2D eigenvalue weighted by atomic mass is 127. The molecule has 0 amide bonds. The van der Waals surface area contributed by atoms with Crippen LogP contribution in [0, 0.1) is 2.88 Å². The van der Waals surface area contributed by atoms with Crippen LogP contribution in [0.4, 0.5) is 0 Å². The van der Waals surface area contributed by atoms with E-state index in [0.29, 0.717) is 6.04 Å². The summed E-state index contributed by atoms with van der Waals surface area (Å²) < 4.78 is 6.48. The van der Waals surface area contributed by atoms with Gasteiger partial charge in [-0.2, -0.15) is 0 Å². The van der Waals surface area contributed by atoms with Crippen LogP contribution >= 0.6 is 33.9 Å². The lowest BCUT2D eigenvalue weighted by atomic mass is 9.94. The Morgan fingerprint density at radius 2 is 2.53 bits per heavy atom. The van der Waals surface area contributed by atoms with Crippen molar-refractivity contribution in [1.82, 2.24) is 5.32 Å². The molecule has 0 aliphatic heterocycles. The van der Waals surface area contributed by atoms with Crippen LogP contribution in [0.5, 0.6) is 0 Å². The van der Waals surface area contributed by atoms with Gasteiger partial charge in [-0.25, -0.2) is 0 Å². The predicted molar refractivity (Wildman–Crippen MR) is 72.6 cm³/mol. The quantitative estimate of drug-likeness (QED) is 0.674. The van der Waals surface area contributed by atoms with Gasteiger partial charge in [0, 0.05) is 24.6 Å². The summed E-state index contributed by atoms with van der Waals surface area (Å²) in [5.74, 6) is 0. The molecule has 0 saturated carbocycles. The number of thiophene rings is 1. The average molecular weight is 337 g/mol. The van der Waals surface area contributed by atoms with Gasteiger partial charge in [-0.05, 0) is 53.5 Å². The van der Waals surface area contributed by atoms with E-state index >= 15 is 0 Å². The van der Waals surface area contributed by atoms with Crippen LogP contribution in [-0.2, 0) is 11.2 Å². The van der Waals surface area contributed by atoms with Crippen LogP contribution in [0.15, 0.2) is 6.07 Å². The summed E-state index contributed by atoms with van der Waals surface area (Å²) in [7, 11) is 1.75. The molecule has 15 heavy (non-hydrogen) atoms. The van der Waals surface area contributed by atoms with E-state index in [0.717, 1.165) is 13.2 Å². The lowest BCUT2D eigenvalue weighted by Crippen LogP contribution is -2.27. The zero-order valence-electron chi connectivity index (χ0n) is 8.88. The first-order valence-electron chi connectivity index (χ1n) is 5.31. The number of hydrogen-bond donors (Lipinski definition) is 1. The molecule has 1 aliphatic carbocycles. The van der Waals surface area contributed by atoms with Gasteiger partial charge < -0.3 is 10.1 Å². The highest BCUT2D eigenvalue weighted by Crippen LogP contribution is 2.36. The number of ether oxygens (including phenoxy) is 1. The van der Waals surface area contributed by atoms with E-state index in [-0.39, 0.29) is 0 Å². The van der Waals surface area contributed by atoms with Crippen molar-refractivity contribution in [3.63, 3.8) is 0 Å². The van der Waals surface area contributed by atoms with E-state index < -0.39 is 0 Å². The lowest BCUT2D eigenvalue weighted by Gasteiger charge is -2.23. The van der Waals surface area contributed by atoms with Crippen molar-refractivity contribution in [2.24, 2.45) is 0 Å². The number of halogens is 1. The van der Waals surface area contributed by atoms with Gasteiger partial charge in [0.15, 0.2) is 0 Å². The fraction of sp³-hybridized carbons (Fsp3) is 0.636. The molecule has 84 valence electrons. The number of nitrogens with one attached hydrogen (secondary N) is 1. The highest BCUT2D eigenvalue weighted by Gasteiger charge is 2.21. The summed E-state index contributed by atoms with van der Waals surface area (Å²) in [4.78, 5) is 1.58. The van der Waals surface area contributed by atoms with Gasteiger partial charge >= 0.3 is 0 Å². The van der Waals surface area contributed by atoms with Crippen LogP contribution in [0.3, 0.4) is 0 Å². The average Bonchev–Trinajstić information content (AvgIpc) is 2.59. The monoisotopic (exact) mass is 337 g/mol. The van der Waals surface area contributed by atoms with Crippen LogP contribution in [0.2, 0.25) is 0 Å². The second-order valence-electron chi connectivity index (χ2n) is 3.82. The molecule has 0 bridgehead atoms. The summed E-state index contributed by atoms with van der Waals surface area (Å²) in [5, 5.41) is 3.57. The van der Waals surface area contributed by atoms with Gasteiger partial charge in [0.2, 0.25) is 0 Å². The molecule has 1 aromatic rings. The maximum Gasteiger partial charge on any atom is 0.0659 e. The largest absolute Gasteiger partial charge is 0.383 e. The molecule has 1 aliphatic rings. The number of rotatable bonds is 4. The topological polar surface area (TPSA) is 21.3 Å². The van der Waals surface area contributed by atoms with Gasteiger partial charge in [0.25, 0.3) is 0 Å². The minimum atomic E-state index is 0.559. The maximum atomic E-state index is 5.06. The lowest BCUT2D eigenvalue weighted by molar-refractivity contribution is 0.194. The molecule has 1 aromatic heterocycles. The van der Waals surface area contributed by atoms with Crippen LogP contribution in [0.1, 0.15) is 29.3 Å². The molecule has 1 N–H and O–H groups in total. The van der Waals surface area contributed by atoms with Crippen LogP contribution < -0.4 is 5.32 Å². The Bertz CT molecular complexity index is 326. The fourth-order valence-electron chi connectivity index (χ4n) is 2.07. The number of hydrogen-bond acceptors (Lipinski definition) is 3. The van der Waals surface area contributed by atoms with Crippen molar-refractivity contribution in [3.8, 4) is 0 Å². The molecule has 4 heteroatoms. The molecule has 0 spiro atoms. The minimum absolute atomic E-state index is 0.559. The maximum absolute atomic E-state index is 5.06. The molecule has 2 rings (SSSR count). The van der Waals surface area contributed by atoms with Crippen molar-refractivity contribution in [2.75, 3.05) is 20.3 Å². The molecular formula is C11H16INOS. The molecule has 1 heterocycles. The standard InChI is InChI=1S/C11H16INOS/c1-14-6-5-13-9-3-2-4-10-8(9)7-11(12)15-10/h7,9,13H,2-6H2,1H3. The van der Waals surface area contributed by atoms with E-state index in [4.69, 9.17) is 4.74 Å². The zero-order chi connectivity index (χ0) is 10.7. The van der Waals surface area contributed by atoms with Crippen LogP contribution in [-0.4, -0.2) is 20.3 Å². The number of methoxy groups -OCH3 is 1. The van der Waals surface area contributed by atoms with Crippen molar-refractivity contribution in [3.05, 3.63) is 19.4 Å². The van der Waals surface area contributed by atoms with Crippen molar-refractivity contribution in [2.45, 2.75) is 25.3 Å². The number of fused-ring (bicyclic) bond motifs is 1. The Hall–Kier alpha value is 0.350. The molecule has 0 fully saturated rings. The van der Waals surface area contributed by atoms with Gasteiger partial charge in [0.05, 0.1) is 9.49 Å². The molecule has 0 aromatic carbocycles. The summed E-state index contributed by atoms with van der Waals surface area (Å²) in [6.45, 7) is 1.75. The Labute approximate surface area is 109 Å². The smallest absolute Gasteiger partial charge is 0.0659 e. The third kappa shape index (κ3) is 2.93. The Morgan fingerprint density at radius 3 is 3.33 bits per heavy atom. The first-order valence-corrected chi connectivity index (χ1v) is 7.21. The van der Waals surface area contributed by atoms with E-state index in [1.165, 1.54) is 27.7 Å². The van der Waals surface area contributed by atoms with E-state index in [1.54, 1.807) is 12.0 Å². The van der Waals surface area contributed by atoms with Crippen molar-refractivity contribution < 1.29 is 4.74 Å². The SMILES string of the molecule is COCCNC1CCCc2sc(I)cc21. The van der Waals surface area contributed by atoms with Gasteiger partial charge in [-0.1, -0.05) is 0 Å². The first kappa shape index (κ1) is 11.8. The molecule has 0 radical (unpaired) electrons. The van der Waals surface area contributed by atoms with E-state index in [9.17, 15) is 0 Å². The third-order valence-electron chi connectivity index (χ3n) is 2.78. The van der Waals surface area contributed by atoms with Crippen LogP contribution in [0.25, 0.3) is 0 Å². The van der Waals surface area contributed by atoms with Gasteiger partial charge in [-0.3, -0.25) is 0 Å². The zero-order valence-corrected chi connectivity index (χ0v) is 11.9. The molecule has 0 saturated heterocycles. The summed E-state index contributed by atoms with van der Waals surface area (Å²) in [5.41, 5.74) is 1.53. The highest BCUT2D eigenvalue weighted by molar-refractivity contribution is 14.1. The normalized spacial score (nSPS) is 20.3. The van der Waals surface area contributed by atoms with Gasteiger partial charge in [-0.15, -0.1) is 11.3 Å². The summed E-state index contributed by atoms with van der Waals surface area (Å²) in [6.07, 6.45) is 3.85. The summed E-state index contributed by atoms with van der Waals surface area (Å²) >= 11 is 4.37. The van der Waals surface area contributed by atoms with E-state index in [1.807, 2.05) is 11.3 Å². The molecule has 1 unspecified atom stereocenters. The molecule has 1 atom stereocenters. The Kier molecular flexibility index (Phi) is 4.42. The second kappa shape index (κ2) is 5.61. The van der Waals surface area contributed by atoms with Crippen molar-refractivity contribution in [1.29, 1.82) is 0 Å².